The lowest BCUT2D eigenvalue weighted by Gasteiger charge is -2.24. The van der Waals surface area contributed by atoms with E-state index in [2.05, 4.69) is 33.0 Å². The average molecular weight is 214 g/mol. The first-order chi connectivity index (χ1) is 6.96. The summed E-state index contributed by atoms with van der Waals surface area (Å²) in [5.41, 5.74) is 5.75. The molecule has 1 amide bonds. The first-order valence-electron chi connectivity index (χ1n) is 5.94. The summed E-state index contributed by atoms with van der Waals surface area (Å²) in [6.07, 6.45) is 2.95. The van der Waals surface area contributed by atoms with Gasteiger partial charge in [0.05, 0.1) is 5.92 Å². The molecule has 0 rings (SSSR count). The van der Waals surface area contributed by atoms with Gasteiger partial charge in [0.1, 0.15) is 0 Å². The third kappa shape index (κ3) is 5.78. The minimum atomic E-state index is -0.0114. The quantitative estimate of drug-likeness (QED) is 0.680. The molecule has 0 aromatic heterocycles. The third-order valence-corrected chi connectivity index (χ3v) is 2.99. The zero-order chi connectivity index (χ0) is 11.9. The van der Waals surface area contributed by atoms with Crippen LogP contribution in [0, 0.1) is 11.3 Å². The Balaban J connectivity index is 4.01. The minimum Gasteiger partial charge on any atom is -0.355 e. The fourth-order valence-electron chi connectivity index (χ4n) is 1.30. The van der Waals surface area contributed by atoms with E-state index >= 15 is 0 Å². The van der Waals surface area contributed by atoms with Crippen LogP contribution in [0.1, 0.15) is 47.0 Å². The normalized spacial score (nSPS) is 13.7. The maximum absolute atomic E-state index is 11.7. The molecule has 3 heteroatoms. The second kappa shape index (κ2) is 6.83. The van der Waals surface area contributed by atoms with Crippen LogP contribution in [0.5, 0.6) is 0 Å². The van der Waals surface area contributed by atoms with Gasteiger partial charge in [-0.15, -0.1) is 0 Å². The van der Waals surface area contributed by atoms with Crippen molar-refractivity contribution in [3.63, 3.8) is 0 Å². The van der Waals surface area contributed by atoms with E-state index in [9.17, 15) is 4.79 Å². The monoisotopic (exact) mass is 214 g/mol. The number of hydrogen-bond donors (Lipinski definition) is 2. The van der Waals surface area contributed by atoms with Gasteiger partial charge in [-0.25, -0.2) is 0 Å². The smallest absolute Gasteiger partial charge is 0.224 e. The molecule has 0 aromatic rings. The highest BCUT2D eigenvalue weighted by atomic mass is 16.1. The molecule has 1 atom stereocenters. The molecular formula is C12H26N2O. The van der Waals surface area contributed by atoms with Crippen molar-refractivity contribution in [1.82, 2.24) is 5.32 Å². The van der Waals surface area contributed by atoms with Gasteiger partial charge in [-0.1, -0.05) is 34.1 Å². The summed E-state index contributed by atoms with van der Waals surface area (Å²) in [6, 6.07) is 0. The van der Waals surface area contributed by atoms with E-state index in [0.717, 1.165) is 25.8 Å². The maximum Gasteiger partial charge on any atom is 0.224 e. The van der Waals surface area contributed by atoms with Crippen molar-refractivity contribution in [3.05, 3.63) is 0 Å². The van der Waals surface area contributed by atoms with E-state index < -0.39 is 0 Å². The Morgan fingerprint density at radius 2 is 2.00 bits per heavy atom. The van der Waals surface area contributed by atoms with Crippen LogP contribution in [0.2, 0.25) is 0 Å². The summed E-state index contributed by atoms with van der Waals surface area (Å²) in [5.74, 6) is 0.100. The molecule has 1 unspecified atom stereocenters. The Bertz CT molecular complexity index is 190. The molecule has 15 heavy (non-hydrogen) atoms. The Hall–Kier alpha value is -0.570. The largest absolute Gasteiger partial charge is 0.355 e. The predicted octanol–water partition coefficient (Wildman–Crippen LogP) is 1.91. The summed E-state index contributed by atoms with van der Waals surface area (Å²) in [4.78, 5) is 11.7. The van der Waals surface area contributed by atoms with E-state index in [1.807, 2.05) is 0 Å². The van der Waals surface area contributed by atoms with Crippen LogP contribution >= 0.6 is 0 Å². The van der Waals surface area contributed by atoms with Gasteiger partial charge in [-0.3, -0.25) is 4.79 Å². The number of rotatable bonds is 7. The zero-order valence-electron chi connectivity index (χ0n) is 10.6. The van der Waals surface area contributed by atoms with Crippen LogP contribution in [-0.4, -0.2) is 19.0 Å². The highest BCUT2D eigenvalue weighted by Crippen LogP contribution is 2.18. The van der Waals surface area contributed by atoms with Crippen LogP contribution in [0.3, 0.4) is 0 Å². The molecule has 3 nitrogen and oxygen atoms in total. The van der Waals surface area contributed by atoms with Crippen molar-refractivity contribution in [3.8, 4) is 0 Å². The number of carbonyl (C=O) groups is 1. The fraction of sp³-hybridized carbons (Fsp3) is 0.917. The zero-order valence-corrected chi connectivity index (χ0v) is 10.6. The molecule has 0 aromatic carbocycles. The van der Waals surface area contributed by atoms with Crippen LogP contribution < -0.4 is 11.1 Å². The van der Waals surface area contributed by atoms with Gasteiger partial charge in [-0.2, -0.15) is 0 Å². The molecule has 0 aliphatic carbocycles. The van der Waals surface area contributed by atoms with E-state index in [1.54, 1.807) is 0 Å². The van der Waals surface area contributed by atoms with Crippen molar-refractivity contribution in [2.75, 3.05) is 13.1 Å². The summed E-state index contributed by atoms with van der Waals surface area (Å²) in [5, 5.41) is 2.99. The van der Waals surface area contributed by atoms with E-state index in [-0.39, 0.29) is 17.2 Å². The summed E-state index contributed by atoms with van der Waals surface area (Å²) >= 11 is 0. The van der Waals surface area contributed by atoms with Crippen molar-refractivity contribution < 1.29 is 4.79 Å². The Morgan fingerprint density at radius 1 is 1.40 bits per heavy atom. The van der Waals surface area contributed by atoms with Gasteiger partial charge in [-0.05, 0) is 18.3 Å². The second-order valence-corrected chi connectivity index (χ2v) is 4.96. The number of nitrogens with two attached hydrogens (primary N) is 1. The van der Waals surface area contributed by atoms with Gasteiger partial charge in [0.25, 0.3) is 0 Å². The van der Waals surface area contributed by atoms with Crippen LogP contribution in [0.15, 0.2) is 0 Å². The highest BCUT2D eigenvalue weighted by Gasteiger charge is 2.20. The lowest BCUT2D eigenvalue weighted by molar-refractivity contribution is -0.125. The van der Waals surface area contributed by atoms with E-state index in [0.29, 0.717) is 6.54 Å². The topological polar surface area (TPSA) is 55.1 Å². The number of nitrogens with one attached hydrogen (secondary N) is 1. The predicted molar refractivity (Wildman–Crippen MR) is 64.5 cm³/mol. The molecule has 0 aliphatic rings. The molecule has 0 aliphatic heterocycles. The molecule has 0 radical (unpaired) electrons. The third-order valence-electron chi connectivity index (χ3n) is 2.99. The fourth-order valence-corrected chi connectivity index (χ4v) is 1.30. The molecule has 0 spiro atoms. The molecule has 0 bridgehead atoms. The summed E-state index contributed by atoms with van der Waals surface area (Å²) in [6.45, 7) is 9.72. The van der Waals surface area contributed by atoms with Crippen molar-refractivity contribution in [2.24, 2.45) is 17.1 Å². The Kier molecular flexibility index (Phi) is 6.57. The lowest BCUT2D eigenvalue weighted by atomic mass is 9.90. The number of hydrogen-bond acceptors (Lipinski definition) is 2. The molecule has 0 heterocycles. The summed E-state index contributed by atoms with van der Waals surface area (Å²) < 4.78 is 0. The van der Waals surface area contributed by atoms with Crippen molar-refractivity contribution >= 4 is 5.91 Å². The molecule has 90 valence electrons. The molecule has 3 N–H and O–H groups in total. The van der Waals surface area contributed by atoms with E-state index in [4.69, 9.17) is 5.73 Å². The van der Waals surface area contributed by atoms with Crippen molar-refractivity contribution in [2.45, 2.75) is 47.0 Å². The molecule has 0 saturated carbocycles. The van der Waals surface area contributed by atoms with Gasteiger partial charge < -0.3 is 11.1 Å². The first-order valence-corrected chi connectivity index (χ1v) is 5.94. The van der Waals surface area contributed by atoms with E-state index in [1.165, 1.54) is 0 Å². The summed E-state index contributed by atoms with van der Waals surface area (Å²) in [7, 11) is 0. The highest BCUT2D eigenvalue weighted by molar-refractivity contribution is 5.78. The first kappa shape index (κ1) is 14.4. The molecule has 0 fully saturated rings. The number of amides is 1. The van der Waals surface area contributed by atoms with Crippen LogP contribution in [0.25, 0.3) is 0 Å². The standard InChI is InChI=1S/C12H26N2O/c1-5-7-10(8-13)11(15)14-9-12(3,4)6-2/h10H,5-9,13H2,1-4H3,(H,14,15). The minimum absolute atomic E-state index is 0.0114. The average Bonchev–Trinajstić information content (AvgIpc) is 2.22. The molecule has 0 saturated heterocycles. The van der Waals surface area contributed by atoms with Gasteiger partial charge in [0, 0.05) is 13.1 Å². The lowest BCUT2D eigenvalue weighted by Crippen LogP contribution is -2.39. The van der Waals surface area contributed by atoms with Crippen LogP contribution in [-0.2, 0) is 4.79 Å². The number of carbonyl (C=O) groups excluding carboxylic acids is 1. The molecular weight excluding hydrogens is 188 g/mol. The van der Waals surface area contributed by atoms with Gasteiger partial charge in [0.15, 0.2) is 0 Å². The SMILES string of the molecule is CCCC(CN)C(=O)NCC(C)(C)CC. The Labute approximate surface area is 93.8 Å². The van der Waals surface area contributed by atoms with Gasteiger partial charge in [0.2, 0.25) is 5.91 Å². The Morgan fingerprint density at radius 3 is 2.40 bits per heavy atom. The van der Waals surface area contributed by atoms with Crippen LogP contribution in [0.4, 0.5) is 0 Å². The maximum atomic E-state index is 11.7. The van der Waals surface area contributed by atoms with Crippen molar-refractivity contribution in [1.29, 1.82) is 0 Å². The van der Waals surface area contributed by atoms with Gasteiger partial charge >= 0.3 is 0 Å². The second-order valence-electron chi connectivity index (χ2n) is 4.96.